The van der Waals surface area contributed by atoms with Crippen molar-refractivity contribution in [2.24, 2.45) is 0 Å². The summed E-state index contributed by atoms with van der Waals surface area (Å²) in [4.78, 5) is 12.0. The highest BCUT2D eigenvalue weighted by Gasteiger charge is 2.29. The molecule has 0 bridgehead atoms. The van der Waals surface area contributed by atoms with Gasteiger partial charge < -0.3 is 10.1 Å². The Labute approximate surface area is 176 Å². The van der Waals surface area contributed by atoms with Gasteiger partial charge in [0.25, 0.3) is 5.91 Å². The van der Waals surface area contributed by atoms with Crippen LogP contribution >= 0.6 is 0 Å². The summed E-state index contributed by atoms with van der Waals surface area (Å²) in [5.74, 6) is 0.154. The van der Waals surface area contributed by atoms with Gasteiger partial charge in [-0.3, -0.25) is 4.79 Å². The summed E-state index contributed by atoms with van der Waals surface area (Å²) in [6, 6.07) is 23.5. The zero-order valence-corrected chi connectivity index (χ0v) is 17.3. The SMILES string of the molecule is CC1Oc2ccc(S(=O)(=O)N(Cc3ccccc3)Cc3ccccc3)cc2NC1=O. The van der Waals surface area contributed by atoms with Gasteiger partial charge in [0.15, 0.2) is 6.10 Å². The molecule has 7 heteroatoms. The van der Waals surface area contributed by atoms with Gasteiger partial charge in [0.2, 0.25) is 10.0 Å². The first-order valence-corrected chi connectivity index (χ1v) is 11.1. The lowest BCUT2D eigenvalue weighted by molar-refractivity contribution is -0.122. The van der Waals surface area contributed by atoms with Crippen molar-refractivity contribution in [3.8, 4) is 5.75 Å². The van der Waals surface area contributed by atoms with E-state index in [9.17, 15) is 13.2 Å². The predicted molar refractivity (Wildman–Crippen MR) is 114 cm³/mol. The standard InChI is InChI=1S/C23H22N2O4S/c1-17-23(26)24-21-14-20(12-13-22(21)29-17)30(27,28)25(15-18-8-4-2-5-9-18)16-19-10-6-3-7-11-19/h2-14,17H,15-16H2,1H3,(H,24,26). The van der Waals surface area contributed by atoms with E-state index in [4.69, 9.17) is 4.74 Å². The van der Waals surface area contributed by atoms with Crippen LogP contribution in [0.3, 0.4) is 0 Å². The van der Waals surface area contributed by atoms with Crippen LogP contribution in [-0.4, -0.2) is 24.7 Å². The van der Waals surface area contributed by atoms with Crippen molar-refractivity contribution < 1.29 is 17.9 Å². The molecule has 154 valence electrons. The lowest BCUT2D eigenvalue weighted by Gasteiger charge is -2.26. The highest BCUT2D eigenvalue weighted by molar-refractivity contribution is 7.89. The number of rotatable bonds is 6. The summed E-state index contributed by atoms with van der Waals surface area (Å²) in [7, 11) is -3.84. The van der Waals surface area contributed by atoms with Gasteiger partial charge in [0.05, 0.1) is 10.6 Å². The number of amides is 1. The van der Waals surface area contributed by atoms with Crippen molar-refractivity contribution in [1.29, 1.82) is 0 Å². The van der Waals surface area contributed by atoms with Crippen LogP contribution in [0.4, 0.5) is 5.69 Å². The number of sulfonamides is 1. The third-order valence-corrected chi connectivity index (χ3v) is 6.71. The van der Waals surface area contributed by atoms with E-state index in [1.165, 1.54) is 16.4 Å². The van der Waals surface area contributed by atoms with E-state index in [1.54, 1.807) is 13.0 Å². The van der Waals surface area contributed by atoms with Crippen molar-refractivity contribution in [3.05, 3.63) is 90.0 Å². The number of hydrogen-bond donors (Lipinski definition) is 1. The second kappa shape index (κ2) is 8.30. The fourth-order valence-electron chi connectivity index (χ4n) is 3.30. The minimum Gasteiger partial charge on any atom is -0.479 e. The Kier molecular flexibility index (Phi) is 5.57. The molecular weight excluding hydrogens is 400 g/mol. The molecule has 1 aliphatic rings. The molecule has 1 heterocycles. The van der Waals surface area contributed by atoms with Crippen LogP contribution in [0, 0.1) is 0 Å². The normalized spacial score (nSPS) is 15.9. The molecule has 1 N–H and O–H groups in total. The molecule has 0 saturated heterocycles. The summed E-state index contributed by atoms with van der Waals surface area (Å²) in [5.41, 5.74) is 2.14. The minimum atomic E-state index is -3.84. The average molecular weight is 423 g/mol. The van der Waals surface area contributed by atoms with E-state index in [0.29, 0.717) is 11.4 Å². The molecule has 0 spiro atoms. The summed E-state index contributed by atoms with van der Waals surface area (Å²) in [6.07, 6.45) is -0.618. The molecule has 0 aromatic heterocycles. The fourth-order valence-corrected chi connectivity index (χ4v) is 4.74. The van der Waals surface area contributed by atoms with Crippen LogP contribution in [0.25, 0.3) is 0 Å². The second-order valence-electron chi connectivity index (χ2n) is 7.15. The Morgan fingerprint density at radius 2 is 1.47 bits per heavy atom. The Bertz CT molecular complexity index is 1110. The van der Waals surface area contributed by atoms with Crippen LogP contribution in [0.1, 0.15) is 18.1 Å². The highest BCUT2D eigenvalue weighted by atomic mass is 32.2. The number of nitrogens with zero attached hydrogens (tertiary/aromatic N) is 1. The maximum Gasteiger partial charge on any atom is 0.265 e. The number of ether oxygens (including phenoxy) is 1. The molecule has 3 aromatic rings. The molecule has 0 fully saturated rings. The van der Waals surface area contributed by atoms with Gasteiger partial charge in [-0.1, -0.05) is 60.7 Å². The Hall–Kier alpha value is -3.16. The first-order chi connectivity index (χ1) is 14.4. The van der Waals surface area contributed by atoms with Gasteiger partial charge in [-0.25, -0.2) is 8.42 Å². The number of carbonyl (C=O) groups excluding carboxylic acids is 1. The van der Waals surface area contributed by atoms with Crippen LogP contribution in [0.5, 0.6) is 5.75 Å². The molecule has 6 nitrogen and oxygen atoms in total. The van der Waals surface area contributed by atoms with E-state index in [-0.39, 0.29) is 23.9 Å². The molecule has 1 aliphatic heterocycles. The van der Waals surface area contributed by atoms with E-state index >= 15 is 0 Å². The topological polar surface area (TPSA) is 75.7 Å². The van der Waals surface area contributed by atoms with Gasteiger partial charge in [0.1, 0.15) is 5.75 Å². The summed E-state index contributed by atoms with van der Waals surface area (Å²) >= 11 is 0. The van der Waals surface area contributed by atoms with Crippen LogP contribution in [-0.2, 0) is 27.9 Å². The number of fused-ring (bicyclic) bond motifs is 1. The fraction of sp³-hybridized carbons (Fsp3) is 0.174. The number of benzene rings is 3. The third-order valence-electron chi connectivity index (χ3n) is 4.92. The molecule has 3 aromatic carbocycles. The zero-order valence-electron chi connectivity index (χ0n) is 16.5. The lowest BCUT2D eigenvalue weighted by Crippen LogP contribution is -2.35. The molecule has 1 unspecified atom stereocenters. The predicted octanol–water partition coefficient (Wildman–Crippen LogP) is 3.80. The lowest BCUT2D eigenvalue weighted by atomic mass is 10.2. The highest BCUT2D eigenvalue weighted by Crippen LogP contribution is 2.33. The van der Waals surface area contributed by atoms with Crippen LogP contribution < -0.4 is 10.1 Å². The molecule has 30 heavy (non-hydrogen) atoms. The van der Waals surface area contributed by atoms with Gasteiger partial charge in [0, 0.05) is 13.1 Å². The van der Waals surface area contributed by atoms with E-state index in [1.807, 2.05) is 60.7 Å². The molecule has 0 saturated carbocycles. The average Bonchev–Trinajstić information content (AvgIpc) is 2.75. The van der Waals surface area contributed by atoms with E-state index in [0.717, 1.165) is 11.1 Å². The van der Waals surface area contributed by atoms with Gasteiger partial charge in [-0.05, 0) is 36.2 Å². The summed E-state index contributed by atoms with van der Waals surface area (Å²) < 4.78 is 34.1. The molecule has 0 aliphatic carbocycles. The first kappa shape index (κ1) is 20.1. The van der Waals surface area contributed by atoms with Crippen molar-refractivity contribution >= 4 is 21.6 Å². The summed E-state index contributed by atoms with van der Waals surface area (Å²) in [5, 5.41) is 2.71. The van der Waals surface area contributed by atoms with Gasteiger partial charge in [-0.2, -0.15) is 4.31 Å². The minimum absolute atomic E-state index is 0.103. The number of hydrogen-bond acceptors (Lipinski definition) is 4. The monoisotopic (exact) mass is 422 g/mol. The number of carbonyl (C=O) groups is 1. The van der Waals surface area contributed by atoms with Gasteiger partial charge >= 0.3 is 0 Å². The van der Waals surface area contributed by atoms with Crippen LogP contribution in [0.2, 0.25) is 0 Å². The third kappa shape index (κ3) is 4.22. The molecule has 1 atom stereocenters. The van der Waals surface area contributed by atoms with Crippen molar-refractivity contribution in [2.45, 2.75) is 31.0 Å². The van der Waals surface area contributed by atoms with Crippen molar-refractivity contribution in [1.82, 2.24) is 4.31 Å². The Balaban J connectivity index is 1.70. The second-order valence-corrected chi connectivity index (χ2v) is 9.09. The van der Waals surface area contributed by atoms with Gasteiger partial charge in [-0.15, -0.1) is 0 Å². The summed E-state index contributed by atoms with van der Waals surface area (Å²) in [6.45, 7) is 2.11. The molecule has 1 amide bonds. The number of nitrogens with one attached hydrogen (secondary N) is 1. The van der Waals surface area contributed by atoms with E-state index < -0.39 is 16.1 Å². The molecular formula is C23H22N2O4S. The van der Waals surface area contributed by atoms with Crippen LogP contribution in [0.15, 0.2) is 83.8 Å². The maximum atomic E-state index is 13.5. The zero-order chi connectivity index (χ0) is 21.1. The molecule has 4 rings (SSSR count). The Morgan fingerprint density at radius 3 is 2.03 bits per heavy atom. The van der Waals surface area contributed by atoms with E-state index in [2.05, 4.69) is 5.32 Å². The maximum absolute atomic E-state index is 13.5. The van der Waals surface area contributed by atoms with Crippen molar-refractivity contribution in [2.75, 3.05) is 5.32 Å². The Morgan fingerprint density at radius 1 is 0.900 bits per heavy atom. The first-order valence-electron chi connectivity index (χ1n) is 9.63. The molecule has 0 radical (unpaired) electrons. The van der Waals surface area contributed by atoms with Crippen molar-refractivity contribution in [3.63, 3.8) is 0 Å². The largest absolute Gasteiger partial charge is 0.479 e. The quantitative estimate of drug-likeness (QED) is 0.656. The smallest absolute Gasteiger partial charge is 0.265 e. The number of anilines is 1.